The third-order valence-electron chi connectivity index (χ3n) is 4.15. The fourth-order valence-electron chi connectivity index (χ4n) is 3.13. The summed E-state index contributed by atoms with van der Waals surface area (Å²) in [6, 6.07) is 0. The molecule has 0 aliphatic heterocycles. The van der Waals surface area contributed by atoms with E-state index in [2.05, 4.69) is 48.6 Å². The lowest BCUT2D eigenvalue weighted by Crippen LogP contribution is -2.56. The molecule has 0 bridgehead atoms. The monoisotopic (exact) mass is 154 g/mol. The lowest BCUT2D eigenvalue weighted by molar-refractivity contribution is 0.106. The second-order valence-corrected chi connectivity index (χ2v) is 4.45. The largest absolute Gasteiger partial charge is 0.0861 e. The summed E-state index contributed by atoms with van der Waals surface area (Å²) in [6.07, 6.45) is 20.1. The van der Waals surface area contributed by atoms with E-state index >= 15 is 0 Å². The summed E-state index contributed by atoms with van der Waals surface area (Å²) in [7, 11) is 0. The molecule has 0 aromatic heterocycles. The minimum atomic E-state index is 0.328. The molecule has 0 aromatic rings. The second kappa shape index (κ2) is 1.19. The maximum absolute atomic E-state index is 2.39. The molecule has 1 spiro atoms. The van der Waals surface area contributed by atoms with Crippen molar-refractivity contribution < 1.29 is 0 Å². The summed E-state index contributed by atoms with van der Waals surface area (Å²) in [5.74, 6) is 0. The van der Waals surface area contributed by atoms with Gasteiger partial charge in [0.1, 0.15) is 0 Å². The second-order valence-electron chi connectivity index (χ2n) is 4.45. The van der Waals surface area contributed by atoms with Crippen molar-refractivity contribution >= 4 is 0 Å². The van der Waals surface area contributed by atoms with Crippen LogP contribution in [0.3, 0.4) is 0 Å². The molecule has 4 aliphatic rings. The summed E-state index contributed by atoms with van der Waals surface area (Å²) in [5.41, 5.74) is 1.13. The van der Waals surface area contributed by atoms with Crippen LogP contribution in [0.5, 0.6) is 0 Å². The molecule has 0 saturated heterocycles. The minimum Gasteiger partial charge on any atom is -0.0861 e. The molecule has 0 nitrogen and oxygen atoms in total. The van der Waals surface area contributed by atoms with Gasteiger partial charge in [-0.2, -0.15) is 0 Å². The van der Waals surface area contributed by atoms with Crippen molar-refractivity contribution in [3.63, 3.8) is 0 Å². The van der Waals surface area contributed by atoms with Crippen LogP contribution in [0.25, 0.3) is 0 Å². The van der Waals surface area contributed by atoms with Crippen molar-refractivity contribution in [2.45, 2.75) is 6.42 Å². The molecule has 0 unspecified atom stereocenters. The first-order valence-electron chi connectivity index (χ1n) is 4.62. The van der Waals surface area contributed by atoms with Crippen molar-refractivity contribution in [1.82, 2.24) is 0 Å². The third-order valence-corrected chi connectivity index (χ3v) is 4.15. The molecule has 0 heteroatoms. The zero-order valence-corrected chi connectivity index (χ0v) is 6.83. The van der Waals surface area contributed by atoms with Gasteiger partial charge in [-0.1, -0.05) is 48.6 Å². The van der Waals surface area contributed by atoms with Gasteiger partial charge < -0.3 is 0 Å². The van der Waals surface area contributed by atoms with E-state index in [0.29, 0.717) is 16.2 Å². The smallest absolute Gasteiger partial charge is 0.0380 e. The average molecular weight is 154 g/mol. The standard InChI is InChI=1S/C12H10/c1-2-10(4-5-10)12-8-6-11(12,3-1)7-9-12/h1-2,4-9H,3H2. The Labute approximate surface area is 72.0 Å². The van der Waals surface area contributed by atoms with Gasteiger partial charge in [-0.15, -0.1) is 0 Å². The highest BCUT2D eigenvalue weighted by Gasteiger charge is 2.68. The Kier molecular flexibility index (Phi) is 0.552. The van der Waals surface area contributed by atoms with Crippen LogP contribution < -0.4 is 0 Å². The SMILES string of the molecule is C1=CC2(C=C2)C23C=CC2(C=C3)C1. The molecule has 0 radical (unpaired) electrons. The maximum atomic E-state index is 2.39. The molecular weight excluding hydrogens is 144 g/mol. The quantitative estimate of drug-likeness (QED) is 0.470. The Bertz CT molecular complexity index is 370. The Morgan fingerprint density at radius 1 is 0.750 bits per heavy atom. The van der Waals surface area contributed by atoms with Gasteiger partial charge in [0.05, 0.1) is 0 Å². The van der Waals surface area contributed by atoms with Crippen LogP contribution in [-0.2, 0) is 0 Å². The molecule has 0 aromatic carbocycles. The van der Waals surface area contributed by atoms with E-state index in [9.17, 15) is 0 Å². The van der Waals surface area contributed by atoms with E-state index < -0.39 is 0 Å². The topological polar surface area (TPSA) is 0 Å². The van der Waals surface area contributed by atoms with E-state index in [1.807, 2.05) is 0 Å². The highest BCUT2D eigenvalue weighted by molar-refractivity contribution is 5.60. The van der Waals surface area contributed by atoms with Crippen molar-refractivity contribution in [2.75, 3.05) is 0 Å². The van der Waals surface area contributed by atoms with E-state index in [1.54, 1.807) is 0 Å². The normalized spacial score (nSPS) is 52.7. The molecule has 0 N–H and O–H groups in total. The molecule has 0 heterocycles. The van der Waals surface area contributed by atoms with Gasteiger partial charge in [0.15, 0.2) is 0 Å². The van der Waals surface area contributed by atoms with E-state index in [1.165, 1.54) is 6.42 Å². The van der Waals surface area contributed by atoms with Crippen molar-refractivity contribution in [2.24, 2.45) is 16.2 Å². The van der Waals surface area contributed by atoms with Crippen molar-refractivity contribution in [3.05, 3.63) is 48.6 Å². The van der Waals surface area contributed by atoms with Crippen LogP contribution in [0, 0.1) is 16.2 Å². The Balaban J connectivity index is 2.02. The van der Waals surface area contributed by atoms with Gasteiger partial charge in [-0.25, -0.2) is 0 Å². The molecule has 4 aliphatic carbocycles. The molecule has 12 heavy (non-hydrogen) atoms. The predicted molar refractivity (Wildman–Crippen MR) is 48.5 cm³/mol. The first-order valence-corrected chi connectivity index (χ1v) is 4.62. The number of hydrogen-bond donors (Lipinski definition) is 0. The number of rotatable bonds is 0. The molecule has 0 saturated carbocycles. The minimum absolute atomic E-state index is 0.328. The van der Waals surface area contributed by atoms with Crippen LogP contribution in [0.2, 0.25) is 0 Å². The zero-order chi connectivity index (χ0) is 7.86. The van der Waals surface area contributed by atoms with Crippen molar-refractivity contribution in [3.8, 4) is 0 Å². The van der Waals surface area contributed by atoms with Crippen LogP contribution >= 0.6 is 0 Å². The van der Waals surface area contributed by atoms with Gasteiger partial charge in [-0.05, 0) is 6.42 Å². The number of hydrogen-bond acceptors (Lipinski definition) is 0. The summed E-state index contributed by atoms with van der Waals surface area (Å²) in [6.45, 7) is 0. The van der Waals surface area contributed by atoms with E-state index in [-0.39, 0.29) is 0 Å². The lowest BCUT2D eigenvalue weighted by Gasteiger charge is -2.63. The third kappa shape index (κ3) is 0.294. The van der Waals surface area contributed by atoms with Crippen molar-refractivity contribution in [1.29, 1.82) is 0 Å². The van der Waals surface area contributed by atoms with Crippen LogP contribution in [0.4, 0.5) is 0 Å². The highest BCUT2D eigenvalue weighted by atomic mass is 14.7. The maximum Gasteiger partial charge on any atom is 0.0380 e. The predicted octanol–water partition coefficient (Wildman–Crippen LogP) is 2.61. The van der Waals surface area contributed by atoms with Gasteiger partial charge in [0.25, 0.3) is 0 Å². The van der Waals surface area contributed by atoms with Gasteiger partial charge >= 0.3 is 0 Å². The fourth-order valence-corrected chi connectivity index (χ4v) is 3.13. The molecule has 0 amide bonds. The summed E-state index contributed by atoms with van der Waals surface area (Å²) in [5, 5.41) is 0. The first-order chi connectivity index (χ1) is 5.83. The summed E-state index contributed by atoms with van der Waals surface area (Å²) < 4.78 is 0. The molecule has 58 valence electrons. The van der Waals surface area contributed by atoms with E-state index in [0.717, 1.165) is 0 Å². The van der Waals surface area contributed by atoms with Crippen LogP contribution in [0.1, 0.15) is 6.42 Å². The average Bonchev–Trinajstić information content (AvgIpc) is 2.77. The van der Waals surface area contributed by atoms with Gasteiger partial charge in [0.2, 0.25) is 0 Å². The molecule has 0 atom stereocenters. The summed E-state index contributed by atoms with van der Waals surface area (Å²) in [4.78, 5) is 0. The van der Waals surface area contributed by atoms with Gasteiger partial charge in [0, 0.05) is 16.2 Å². The first kappa shape index (κ1) is 5.58. The van der Waals surface area contributed by atoms with Crippen LogP contribution in [-0.4, -0.2) is 0 Å². The molecular formula is C12H10. The molecule has 4 rings (SSSR count). The van der Waals surface area contributed by atoms with E-state index in [4.69, 9.17) is 0 Å². The molecule has 0 fully saturated rings. The Hall–Kier alpha value is -1.04. The lowest BCUT2D eigenvalue weighted by atomic mass is 9.39. The zero-order valence-electron chi connectivity index (χ0n) is 6.83. The number of allylic oxidation sites excluding steroid dienone is 8. The fraction of sp³-hybridized carbons (Fsp3) is 0.333. The van der Waals surface area contributed by atoms with Gasteiger partial charge in [-0.3, -0.25) is 0 Å². The van der Waals surface area contributed by atoms with Crippen LogP contribution in [0.15, 0.2) is 48.6 Å². The Morgan fingerprint density at radius 3 is 1.92 bits per heavy atom. The Morgan fingerprint density at radius 2 is 1.50 bits per heavy atom. The summed E-state index contributed by atoms with van der Waals surface area (Å²) >= 11 is 0. The highest BCUT2D eigenvalue weighted by Crippen LogP contribution is 2.75.